The number of hydrogen-bond donors (Lipinski definition) is 2. The molecule has 0 amide bonds. The largest absolute Gasteiger partial charge is 0.372 e. The summed E-state index contributed by atoms with van der Waals surface area (Å²) < 4.78 is 13.6. The van der Waals surface area contributed by atoms with Crippen molar-refractivity contribution in [2.24, 2.45) is 4.99 Å². The van der Waals surface area contributed by atoms with Crippen molar-refractivity contribution in [3.8, 4) is 0 Å². The van der Waals surface area contributed by atoms with E-state index in [4.69, 9.17) is 0 Å². The van der Waals surface area contributed by atoms with E-state index in [2.05, 4.69) is 21.9 Å². The standard InChI is InChI=1S/C15H25FN4S/c1-17-15(19-10-12-21-3)18-9-6-11-20(2)14-8-5-4-7-13(14)16/h4-5,7-8H,6,9-12H2,1-3H3,(H2,17,18,19). The number of anilines is 1. The molecular weight excluding hydrogens is 287 g/mol. The second kappa shape index (κ2) is 10.3. The van der Waals surface area contributed by atoms with Crippen molar-refractivity contribution in [3.63, 3.8) is 0 Å². The zero-order valence-electron chi connectivity index (χ0n) is 13.0. The highest BCUT2D eigenvalue weighted by Gasteiger charge is 2.05. The van der Waals surface area contributed by atoms with Gasteiger partial charge in [-0.3, -0.25) is 4.99 Å². The van der Waals surface area contributed by atoms with E-state index in [1.165, 1.54) is 6.07 Å². The van der Waals surface area contributed by atoms with Gasteiger partial charge in [0.1, 0.15) is 5.82 Å². The van der Waals surface area contributed by atoms with Gasteiger partial charge >= 0.3 is 0 Å². The van der Waals surface area contributed by atoms with Crippen molar-refractivity contribution < 1.29 is 4.39 Å². The first kappa shape index (κ1) is 17.6. The summed E-state index contributed by atoms with van der Waals surface area (Å²) >= 11 is 1.80. The zero-order chi connectivity index (χ0) is 15.5. The Labute approximate surface area is 131 Å². The maximum Gasteiger partial charge on any atom is 0.191 e. The molecule has 1 aromatic rings. The van der Waals surface area contributed by atoms with Crippen molar-refractivity contribution in [2.75, 3.05) is 50.6 Å². The van der Waals surface area contributed by atoms with Crippen molar-refractivity contribution >= 4 is 23.4 Å². The van der Waals surface area contributed by atoms with Gasteiger partial charge in [0.25, 0.3) is 0 Å². The van der Waals surface area contributed by atoms with Crippen LogP contribution in [0.5, 0.6) is 0 Å². The van der Waals surface area contributed by atoms with Crippen molar-refractivity contribution in [2.45, 2.75) is 6.42 Å². The minimum Gasteiger partial charge on any atom is -0.372 e. The van der Waals surface area contributed by atoms with Crippen LogP contribution in [0.15, 0.2) is 29.3 Å². The summed E-state index contributed by atoms with van der Waals surface area (Å²) in [6.45, 7) is 2.49. The van der Waals surface area contributed by atoms with Gasteiger partial charge in [-0.2, -0.15) is 11.8 Å². The van der Waals surface area contributed by atoms with Crippen LogP contribution in [0.3, 0.4) is 0 Å². The molecule has 0 aromatic heterocycles. The third kappa shape index (κ3) is 6.71. The molecule has 0 saturated heterocycles. The molecule has 0 radical (unpaired) electrons. The van der Waals surface area contributed by atoms with E-state index in [1.807, 2.05) is 18.0 Å². The first-order valence-electron chi connectivity index (χ1n) is 7.08. The number of nitrogens with zero attached hydrogens (tertiary/aromatic N) is 2. The molecule has 0 bridgehead atoms. The van der Waals surface area contributed by atoms with Crippen molar-refractivity contribution in [1.82, 2.24) is 10.6 Å². The quantitative estimate of drug-likeness (QED) is 0.438. The number of rotatable bonds is 8. The summed E-state index contributed by atoms with van der Waals surface area (Å²) in [6.07, 6.45) is 2.99. The highest BCUT2D eigenvalue weighted by Crippen LogP contribution is 2.16. The van der Waals surface area contributed by atoms with Crippen molar-refractivity contribution in [3.05, 3.63) is 30.1 Å². The van der Waals surface area contributed by atoms with Crippen LogP contribution in [0, 0.1) is 5.82 Å². The fourth-order valence-corrected chi connectivity index (χ4v) is 2.20. The number of guanidine groups is 1. The maximum atomic E-state index is 13.6. The van der Waals surface area contributed by atoms with E-state index < -0.39 is 0 Å². The molecule has 21 heavy (non-hydrogen) atoms. The fourth-order valence-electron chi connectivity index (χ4n) is 1.90. The van der Waals surface area contributed by atoms with Gasteiger partial charge in [0, 0.05) is 39.5 Å². The van der Waals surface area contributed by atoms with E-state index in [0.717, 1.165) is 37.8 Å². The summed E-state index contributed by atoms with van der Waals surface area (Å²) in [7, 11) is 3.67. The number of benzene rings is 1. The Morgan fingerprint density at radius 3 is 2.67 bits per heavy atom. The van der Waals surface area contributed by atoms with Crippen LogP contribution in [0.2, 0.25) is 0 Å². The van der Waals surface area contributed by atoms with Crippen LogP contribution in [0.4, 0.5) is 10.1 Å². The van der Waals surface area contributed by atoms with E-state index >= 15 is 0 Å². The van der Waals surface area contributed by atoms with Gasteiger partial charge in [0.15, 0.2) is 5.96 Å². The van der Waals surface area contributed by atoms with E-state index in [-0.39, 0.29) is 5.82 Å². The number of halogens is 1. The number of hydrogen-bond acceptors (Lipinski definition) is 3. The molecule has 0 saturated carbocycles. The molecule has 0 fully saturated rings. The van der Waals surface area contributed by atoms with E-state index in [0.29, 0.717) is 5.69 Å². The van der Waals surface area contributed by atoms with E-state index in [1.54, 1.807) is 30.9 Å². The topological polar surface area (TPSA) is 39.7 Å². The summed E-state index contributed by atoms with van der Waals surface area (Å²) in [5.74, 6) is 1.69. The monoisotopic (exact) mass is 312 g/mol. The molecule has 118 valence electrons. The smallest absolute Gasteiger partial charge is 0.191 e. The Hall–Kier alpha value is -1.43. The summed E-state index contributed by atoms with van der Waals surface area (Å²) in [5.41, 5.74) is 0.639. The van der Waals surface area contributed by atoms with Gasteiger partial charge in [-0.15, -0.1) is 0 Å². The molecule has 0 aliphatic heterocycles. The minimum absolute atomic E-state index is 0.178. The molecule has 0 spiro atoms. The van der Waals surface area contributed by atoms with Crippen LogP contribution in [0.1, 0.15) is 6.42 Å². The lowest BCUT2D eigenvalue weighted by Gasteiger charge is -2.20. The van der Waals surface area contributed by atoms with Crippen LogP contribution in [-0.4, -0.2) is 51.7 Å². The van der Waals surface area contributed by atoms with Gasteiger partial charge in [-0.1, -0.05) is 12.1 Å². The highest BCUT2D eigenvalue weighted by molar-refractivity contribution is 7.98. The van der Waals surface area contributed by atoms with E-state index in [9.17, 15) is 4.39 Å². The summed E-state index contributed by atoms with van der Waals surface area (Å²) in [4.78, 5) is 6.09. The lowest BCUT2D eigenvalue weighted by atomic mass is 10.2. The molecule has 1 rings (SSSR count). The summed E-state index contributed by atoms with van der Waals surface area (Å²) in [5, 5.41) is 6.50. The summed E-state index contributed by atoms with van der Waals surface area (Å²) in [6, 6.07) is 6.84. The van der Waals surface area contributed by atoms with Crippen LogP contribution in [-0.2, 0) is 0 Å². The molecule has 0 aliphatic carbocycles. The third-order valence-electron chi connectivity index (χ3n) is 3.05. The molecule has 6 heteroatoms. The molecule has 1 aromatic carbocycles. The lowest BCUT2D eigenvalue weighted by Crippen LogP contribution is -2.39. The molecule has 0 atom stereocenters. The molecule has 2 N–H and O–H groups in total. The Balaban J connectivity index is 2.25. The number of nitrogens with one attached hydrogen (secondary N) is 2. The first-order valence-corrected chi connectivity index (χ1v) is 8.47. The fraction of sp³-hybridized carbons (Fsp3) is 0.533. The average molecular weight is 312 g/mol. The normalized spacial score (nSPS) is 11.3. The third-order valence-corrected chi connectivity index (χ3v) is 3.66. The van der Waals surface area contributed by atoms with Crippen LogP contribution in [0.25, 0.3) is 0 Å². The molecule has 4 nitrogen and oxygen atoms in total. The second-order valence-corrected chi connectivity index (χ2v) is 5.63. The maximum absolute atomic E-state index is 13.6. The van der Waals surface area contributed by atoms with Crippen molar-refractivity contribution in [1.29, 1.82) is 0 Å². The number of thioether (sulfide) groups is 1. The van der Waals surface area contributed by atoms with Gasteiger partial charge < -0.3 is 15.5 Å². The number of aliphatic imine (C=N–C) groups is 1. The Kier molecular flexibility index (Phi) is 8.66. The molecule has 0 heterocycles. The molecular formula is C15H25FN4S. The predicted molar refractivity (Wildman–Crippen MR) is 92.0 cm³/mol. The van der Waals surface area contributed by atoms with Gasteiger partial charge in [-0.25, -0.2) is 4.39 Å². The lowest BCUT2D eigenvalue weighted by molar-refractivity contribution is 0.619. The molecule has 0 unspecified atom stereocenters. The highest BCUT2D eigenvalue weighted by atomic mass is 32.2. The zero-order valence-corrected chi connectivity index (χ0v) is 13.8. The first-order chi connectivity index (χ1) is 10.2. The molecule has 0 aliphatic rings. The Morgan fingerprint density at radius 1 is 1.29 bits per heavy atom. The average Bonchev–Trinajstić information content (AvgIpc) is 2.50. The van der Waals surface area contributed by atoms with Crippen LogP contribution >= 0.6 is 11.8 Å². The van der Waals surface area contributed by atoms with Gasteiger partial charge in [0.2, 0.25) is 0 Å². The number of para-hydroxylation sites is 1. The SMILES string of the molecule is CN=C(NCCCN(C)c1ccccc1F)NCCSC. The van der Waals surface area contributed by atoms with Gasteiger partial charge in [0.05, 0.1) is 5.69 Å². The Bertz CT molecular complexity index is 439. The van der Waals surface area contributed by atoms with Crippen LogP contribution < -0.4 is 15.5 Å². The minimum atomic E-state index is -0.178. The van der Waals surface area contributed by atoms with Gasteiger partial charge in [-0.05, 0) is 24.8 Å². The Morgan fingerprint density at radius 2 is 2.00 bits per heavy atom. The predicted octanol–water partition coefficient (Wildman–Crippen LogP) is 2.18. The second-order valence-electron chi connectivity index (χ2n) is 4.65.